The maximum Gasteiger partial charge on any atom is 0.0902 e. The van der Waals surface area contributed by atoms with Gasteiger partial charge in [-0.1, -0.05) is 0 Å². The van der Waals surface area contributed by atoms with Crippen molar-refractivity contribution in [3.8, 4) is 0 Å². The van der Waals surface area contributed by atoms with E-state index in [1.807, 2.05) is 12.1 Å². The van der Waals surface area contributed by atoms with Gasteiger partial charge in [-0.3, -0.25) is 0 Å². The van der Waals surface area contributed by atoms with E-state index in [2.05, 4.69) is 4.42 Å². The molecule has 0 unspecified atom stereocenters. The second-order valence-corrected chi connectivity index (χ2v) is 0.793. The van der Waals surface area contributed by atoms with Gasteiger partial charge in [-0.05, 0) is 12.1 Å². The fraction of sp³-hybridized carbons (Fsp3) is 0. The van der Waals surface area contributed by atoms with Crippen LogP contribution in [0.4, 0.5) is 0 Å². The van der Waals surface area contributed by atoms with Crippen LogP contribution in [-0.2, 0) is 26.2 Å². The summed E-state index contributed by atoms with van der Waals surface area (Å²) in [6.07, 6.45) is 3.25. The fourth-order valence-corrected chi connectivity index (χ4v) is 0.227. The zero-order valence-electron chi connectivity index (χ0n) is 3.22. The molecule has 0 fully saturated rings. The number of hydrogen-bond donors (Lipinski definition) is 0. The molecule has 0 saturated carbocycles. The topological polar surface area (TPSA) is 13.1 Å². The van der Waals surface area contributed by atoms with Crippen LogP contribution in [0.3, 0.4) is 0 Å². The third kappa shape index (κ3) is 1.56. The zero-order chi connectivity index (χ0) is 3.54. The SMILES string of the molecule is [Zr].c1ccoc1. The van der Waals surface area contributed by atoms with E-state index in [1.54, 1.807) is 12.5 Å². The number of hydrogen-bond acceptors (Lipinski definition) is 1. The van der Waals surface area contributed by atoms with E-state index in [0.717, 1.165) is 0 Å². The van der Waals surface area contributed by atoms with Crippen molar-refractivity contribution in [3.63, 3.8) is 0 Å². The molecule has 1 aromatic heterocycles. The molecule has 0 aliphatic carbocycles. The van der Waals surface area contributed by atoms with Crippen LogP contribution in [0.2, 0.25) is 0 Å². The van der Waals surface area contributed by atoms with Crippen molar-refractivity contribution in [3.05, 3.63) is 24.7 Å². The molecule has 0 amide bonds. The summed E-state index contributed by atoms with van der Waals surface area (Å²) in [5.74, 6) is 0. The summed E-state index contributed by atoms with van der Waals surface area (Å²) in [5, 5.41) is 0. The molecule has 0 bridgehead atoms. The van der Waals surface area contributed by atoms with Crippen LogP contribution >= 0.6 is 0 Å². The average Bonchev–Trinajstić information content (AvgIpc) is 1.76. The molecule has 0 aromatic carbocycles. The summed E-state index contributed by atoms with van der Waals surface area (Å²) in [6.45, 7) is 0. The molecule has 0 atom stereocenters. The van der Waals surface area contributed by atoms with Crippen LogP contribution in [0.5, 0.6) is 0 Å². The van der Waals surface area contributed by atoms with E-state index in [1.165, 1.54) is 0 Å². The third-order valence-corrected chi connectivity index (χ3v) is 0.425. The Morgan fingerprint density at radius 3 is 1.67 bits per heavy atom. The summed E-state index contributed by atoms with van der Waals surface area (Å²) in [6, 6.07) is 3.67. The van der Waals surface area contributed by atoms with Gasteiger partial charge in [-0.25, -0.2) is 0 Å². The molecule has 1 nitrogen and oxygen atoms in total. The molecule has 0 aliphatic rings. The van der Waals surface area contributed by atoms with E-state index >= 15 is 0 Å². The minimum atomic E-state index is 0. The summed E-state index contributed by atoms with van der Waals surface area (Å²) >= 11 is 0. The van der Waals surface area contributed by atoms with Gasteiger partial charge in [0.2, 0.25) is 0 Å². The summed E-state index contributed by atoms with van der Waals surface area (Å²) < 4.78 is 4.58. The minimum absolute atomic E-state index is 0. The Morgan fingerprint density at radius 2 is 1.50 bits per heavy atom. The second-order valence-electron chi connectivity index (χ2n) is 0.793. The van der Waals surface area contributed by atoms with Crippen molar-refractivity contribution in [1.29, 1.82) is 0 Å². The van der Waals surface area contributed by atoms with Gasteiger partial charge in [-0.2, -0.15) is 0 Å². The Kier molecular flexibility index (Phi) is 3.45. The van der Waals surface area contributed by atoms with Gasteiger partial charge >= 0.3 is 0 Å². The molecule has 0 N–H and O–H groups in total. The predicted molar refractivity (Wildman–Crippen MR) is 18.7 cm³/mol. The fourth-order valence-electron chi connectivity index (χ4n) is 0.227. The predicted octanol–water partition coefficient (Wildman–Crippen LogP) is 1.28. The molecule has 2 heteroatoms. The minimum Gasteiger partial charge on any atom is -0.473 e. The van der Waals surface area contributed by atoms with Crippen molar-refractivity contribution >= 4 is 0 Å². The first-order valence-corrected chi connectivity index (χ1v) is 1.47. The van der Waals surface area contributed by atoms with Gasteiger partial charge in [0.15, 0.2) is 0 Å². The Labute approximate surface area is 55.5 Å². The molecule has 1 rings (SSSR count). The molecule has 0 saturated heterocycles. The summed E-state index contributed by atoms with van der Waals surface area (Å²) in [7, 11) is 0. The Hall–Kier alpha value is 0.163. The summed E-state index contributed by atoms with van der Waals surface area (Å²) in [5.41, 5.74) is 0. The number of rotatable bonds is 0. The first kappa shape index (κ1) is 6.16. The van der Waals surface area contributed by atoms with Crippen LogP contribution in [0.1, 0.15) is 0 Å². The molecule has 0 aliphatic heterocycles. The van der Waals surface area contributed by atoms with Crippen molar-refractivity contribution in [1.82, 2.24) is 0 Å². The monoisotopic (exact) mass is 158 g/mol. The number of furan rings is 1. The van der Waals surface area contributed by atoms with Crippen LogP contribution in [-0.4, -0.2) is 0 Å². The zero-order valence-corrected chi connectivity index (χ0v) is 5.68. The normalized spacial score (nSPS) is 6.67. The quantitative estimate of drug-likeness (QED) is 0.556. The molecule has 0 radical (unpaired) electrons. The van der Waals surface area contributed by atoms with E-state index in [0.29, 0.717) is 0 Å². The molecular formula is C4H4OZr. The van der Waals surface area contributed by atoms with Crippen LogP contribution < -0.4 is 0 Å². The van der Waals surface area contributed by atoms with Gasteiger partial charge < -0.3 is 4.42 Å². The van der Waals surface area contributed by atoms with Gasteiger partial charge in [0.05, 0.1) is 12.5 Å². The molecule has 0 spiro atoms. The first-order valence-electron chi connectivity index (χ1n) is 1.47. The van der Waals surface area contributed by atoms with Gasteiger partial charge in [-0.15, -0.1) is 0 Å². The smallest absolute Gasteiger partial charge is 0.0902 e. The van der Waals surface area contributed by atoms with Crippen LogP contribution in [0, 0.1) is 0 Å². The Morgan fingerprint density at radius 1 is 1.00 bits per heavy atom. The van der Waals surface area contributed by atoms with Crippen molar-refractivity contribution in [2.75, 3.05) is 0 Å². The van der Waals surface area contributed by atoms with Crippen LogP contribution in [0.25, 0.3) is 0 Å². The second kappa shape index (κ2) is 3.36. The first-order chi connectivity index (χ1) is 2.50. The van der Waals surface area contributed by atoms with Crippen molar-refractivity contribution in [2.24, 2.45) is 0 Å². The Balaban J connectivity index is 0.000000250. The van der Waals surface area contributed by atoms with Crippen molar-refractivity contribution in [2.45, 2.75) is 0 Å². The maximum absolute atomic E-state index is 4.58. The largest absolute Gasteiger partial charge is 0.473 e. The summed E-state index contributed by atoms with van der Waals surface area (Å²) in [4.78, 5) is 0. The van der Waals surface area contributed by atoms with Gasteiger partial charge in [0.1, 0.15) is 0 Å². The molecular weight excluding hydrogens is 155 g/mol. The maximum atomic E-state index is 4.58. The van der Waals surface area contributed by atoms with E-state index in [-0.39, 0.29) is 26.2 Å². The van der Waals surface area contributed by atoms with Gasteiger partial charge in [0, 0.05) is 26.2 Å². The molecule has 1 aromatic rings. The van der Waals surface area contributed by atoms with Crippen molar-refractivity contribution < 1.29 is 30.6 Å². The Bertz CT molecular complexity index is 64.0. The molecule has 6 heavy (non-hydrogen) atoms. The van der Waals surface area contributed by atoms with Crippen LogP contribution in [0.15, 0.2) is 29.1 Å². The van der Waals surface area contributed by atoms with E-state index in [4.69, 9.17) is 0 Å². The average molecular weight is 159 g/mol. The molecule has 1 heterocycles. The standard InChI is InChI=1S/C4H4O.Zr/c1-2-4-5-3-1;/h1-4H;. The third-order valence-electron chi connectivity index (χ3n) is 0.425. The van der Waals surface area contributed by atoms with Gasteiger partial charge in [0.25, 0.3) is 0 Å². The molecule has 30 valence electrons. The van der Waals surface area contributed by atoms with E-state index < -0.39 is 0 Å². The van der Waals surface area contributed by atoms with E-state index in [9.17, 15) is 0 Å².